The third-order valence-corrected chi connectivity index (χ3v) is 5.11. The maximum Gasteiger partial charge on any atom is 0.154 e. The van der Waals surface area contributed by atoms with Gasteiger partial charge in [0.15, 0.2) is 9.84 Å². The smallest absolute Gasteiger partial charge is 0.154 e. The highest BCUT2D eigenvalue weighted by atomic mass is 32.2. The first-order chi connectivity index (χ1) is 7.27. The first kappa shape index (κ1) is 15.5. The fourth-order valence-electron chi connectivity index (χ4n) is 1.34. The molecule has 4 heteroatoms. The van der Waals surface area contributed by atoms with Crippen molar-refractivity contribution in [3.05, 3.63) is 0 Å². The molecule has 0 amide bonds. The third kappa shape index (κ3) is 4.15. The highest BCUT2D eigenvalue weighted by Gasteiger charge is 2.38. The summed E-state index contributed by atoms with van der Waals surface area (Å²) in [5.74, 6) is 5.77. The summed E-state index contributed by atoms with van der Waals surface area (Å²) in [6.07, 6.45) is 2.83. The molecule has 0 bridgehead atoms. The van der Waals surface area contributed by atoms with E-state index >= 15 is 0 Å². The second-order valence-corrected chi connectivity index (χ2v) is 7.11. The van der Waals surface area contributed by atoms with Gasteiger partial charge in [0, 0.05) is 18.7 Å². The predicted octanol–water partition coefficient (Wildman–Crippen LogP) is 1.59. The molecule has 16 heavy (non-hydrogen) atoms. The number of hydrogen-bond acceptors (Lipinski definition) is 3. The van der Waals surface area contributed by atoms with Crippen LogP contribution in [-0.2, 0) is 9.84 Å². The Morgan fingerprint density at radius 1 is 1.38 bits per heavy atom. The summed E-state index contributed by atoms with van der Waals surface area (Å²) < 4.78 is 22.7. The zero-order chi connectivity index (χ0) is 12.8. The minimum atomic E-state index is -3.09. The van der Waals surface area contributed by atoms with Gasteiger partial charge in [-0.15, -0.1) is 11.8 Å². The molecule has 0 aliphatic carbocycles. The van der Waals surface area contributed by atoms with E-state index in [9.17, 15) is 8.42 Å². The molecular formula is C12H23NO2S. The van der Waals surface area contributed by atoms with E-state index in [2.05, 4.69) is 24.1 Å². The predicted molar refractivity (Wildman–Crippen MR) is 69.1 cm³/mol. The maximum absolute atomic E-state index is 11.7. The minimum absolute atomic E-state index is 0.116. The van der Waals surface area contributed by atoms with Crippen LogP contribution < -0.4 is 5.32 Å². The molecule has 0 spiro atoms. The van der Waals surface area contributed by atoms with Crippen molar-refractivity contribution >= 4 is 9.84 Å². The van der Waals surface area contributed by atoms with Crippen molar-refractivity contribution in [3.8, 4) is 11.8 Å². The highest BCUT2D eigenvalue weighted by Crippen LogP contribution is 2.22. The van der Waals surface area contributed by atoms with Gasteiger partial charge >= 0.3 is 0 Å². The van der Waals surface area contributed by atoms with Gasteiger partial charge in [-0.1, -0.05) is 6.92 Å². The van der Waals surface area contributed by atoms with Gasteiger partial charge < -0.3 is 5.32 Å². The quantitative estimate of drug-likeness (QED) is 0.723. The van der Waals surface area contributed by atoms with Crippen LogP contribution in [-0.4, -0.2) is 32.0 Å². The molecule has 1 atom stereocenters. The van der Waals surface area contributed by atoms with Crippen LogP contribution in [0.2, 0.25) is 0 Å². The molecule has 0 aliphatic rings. The molecule has 0 radical (unpaired) electrons. The molecule has 0 aromatic carbocycles. The maximum atomic E-state index is 11.7. The lowest BCUT2D eigenvalue weighted by Gasteiger charge is -2.32. The Morgan fingerprint density at radius 2 is 1.94 bits per heavy atom. The molecular weight excluding hydrogens is 222 g/mol. The van der Waals surface area contributed by atoms with Crippen LogP contribution >= 0.6 is 0 Å². The van der Waals surface area contributed by atoms with E-state index in [1.807, 2.05) is 0 Å². The van der Waals surface area contributed by atoms with Gasteiger partial charge in [-0.2, -0.15) is 0 Å². The van der Waals surface area contributed by atoms with E-state index in [1.165, 1.54) is 6.26 Å². The van der Waals surface area contributed by atoms with E-state index in [1.54, 1.807) is 20.8 Å². The first-order valence-corrected chi connectivity index (χ1v) is 7.49. The van der Waals surface area contributed by atoms with Gasteiger partial charge in [0.2, 0.25) is 0 Å². The summed E-state index contributed by atoms with van der Waals surface area (Å²) in [4.78, 5) is 0. The molecule has 0 saturated carbocycles. The number of nitrogens with one attached hydrogen (secondary N) is 1. The zero-order valence-electron chi connectivity index (χ0n) is 10.9. The monoisotopic (exact) mass is 245 g/mol. The van der Waals surface area contributed by atoms with E-state index in [0.717, 1.165) is 13.0 Å². The van der Waals surface area contributed by atoms with E-state index in [4.69, 9.17) is 0 Å². The van der Waals surface area contributed by atoms with Crippen LogP contribution in [0.3, 0.4) is 0 Å². The Balaban J connectivity index is 4.91. The molecule has 0 aromatic rings. The van der Waals surface area contributed by atoms with Crippen LogP contribution in [0.25, 0.3) is 0 Å². The fraction of sp³-hybridized carbons (Fsp3) is 0.833. The second kappa shape index (κ2) is 6.27. The van der Waals surface area contributed by atoms with Gasteiger partial charge in [0.05, 0.1) is 4.75 Å². The van der Waals surface area contributed by atoms with Crippen molar-refractivity contribution in [2.45, 2.75) is 51.3 Å². The molecule has 0 heterocycles. The van der Waals surface area contributed by atoms with Gasteiger partial charge in [0.25, 0.3) is 0 Å². The van der Waals surface area contributed by atoms with Crippen molar-refractivity contribution in [1.29, 1.82) is 0 Å². The molecule has 0 fully saturated rings. The molecule has 1 unspecified atom stereocenters. The normalized spacial score (nSPS) is 14.1. The zero-order valence-corrected chi connectivity index (χ0v) is 11.7. The van der Waals surface area contributed by atoms with Crippen LogP contribution in [0.5, 0.6) is 0 Å². The van der Waals surface area contributed by atoms with Crippen LogP contribution in [0.4, 0.5) is 0 Å². The number of rotatable bonds is 6. The first-order valence-electron chi connectivity index (χ1n) is 5.60. The minimum Gasteiger partial charge on any atom is -0.311 e. The van der Waals surface area contributed by atoms with E-state index in [-0.39, 0.29) is 6.04 Å². The van der Waals surface area contributed by atoms with Crippen LogP contribution in [0.15, 0.2) is 0 Å². The van der Waals surface area contributed by atoms with E-state index < -0.39 is 14.6 Å². The lowest BCUT2D eigenvalue weighted by molar-refractivity contribution is 0.414. The summed E-state index contributed by atoms with van der Waals surface area (Å²) in [5.41, 5.74) is 0. The van der Waals surface area contributed by atoms with Crippen molar-refractivity contribution in [1.82, 2.24) is 5.32 Å². The molecule has 1 N–H and O–H groups in total. The second-order valence-electron chi connectivity index (χ2n) is 4.51. The Kier molecular flexibility index (Phi) is 6.06. The summed E-state index contributed by atoms with van der Waals surface area (Å²) in [7, 11) is -3.09. The van der Waals surface area contributed by atoms with Crippen molar-refractivity contribution in [2.24, 2.45) is 0 Å². The summed E-state index contributed by atoms with van der Waals surface area (Å²) >= 11 is 0. The van der Waals surface area contributed by atoms with Gasteiger partial charge in [0.1, 0.15) is 0 Å². The van der Waals surface area contributed by atoms with Gasteiger partial charge in [-0.25, -0.2) is 8.42 Å². The van der Waals surface area contributed by atoms with Crippen molar-refractivity contribution < 1.29 is 8.42 Å². The topological polar surface area (TPSA) is 46.2 Å². The molecule has 0 aliphatic heterocycles. The van der Waals surface area contributed by atoms with Crippen LogP contribution in [0.1, 0.15) is 40.5 Å². The molecule has 3 nitrogen and oxygen atoms in total. The average molecular weight is 245 g/mol. The molecule has 0 saturated heterocycles. The fourth-order valence-corrected chi connectivity index (χ4v) is 2.03. The standard InChI is InChI=1S/C12H23NO2S/c1-6-8-9-11(13-10-7-2)12(3,4)16(5,14)15/h11,13H,7,9-10H2,1-5H3. The van der Waals surface area contributed by atoms with Crippen molar-refractivity contribution in [2.75, 3.05) is 12.8 Å². The Labute approximate surface area is 99.9 Å². The average Bonchev–Trinajstić information content (AvgIpc) is 2.16. The van der Waals surface area contributed by atoms with Gasteiger partial charge in [-0.05, 0) is 33.7 Å². The highest BCUT2D eigenvalue weighted by molar-refractivity contribution is 7.92. The van der Waals surface area contributed by atoms with Crippen molar-refractivity contribution in [3.63, 3.8) is 0 Å². The van der Waals surface area contributed by atoms with Crippen LogP contribution in [0, 0.1) is 11.8 Å². The summed E-state index contributed by atoms with van der Waals surface area (Å²) in [6.45, 7) is 8.16. The lowest BCUT2D eigenvalue weighted by atomic mass is 10.00. The van der Waals surface area contributed by atoms with Gasteiger partial charge in [-0.3, -0.25) is 0 Å². The van der Waals surface area contributed by atoms with E-state index in [0.29, 0.717) is 6.42 Å². The Bertz CT molecular complexity index is 360. The largest absolute Gasteiger partial charge is 0.311 e. The molecule has 0 rings (SSSR count). The Hall–Kier alpha value is -0.530. The third-order valence-electron chi connectivity index (χ3n) is 2.92. The summed E-state index contributed by atoms with van der Waals surface area (Å²) in [6, 6.07) is -0.116. The summed E-state index contributed by atoms with van der Waals surface area (Å²) in [5, 5.41) is 3.27. The number of hydrogen-bond donors (Lipinski definition) is 1. The Morgan fingerprint density at radius 3 is 2.31 bits per heavy atom. The molecule has 94 valence electrons. The SMILES string of the molecule is CC#CCC(NCCC)C(C)(C)S(C)(=O)=O. The molecule has 0 aromatic heterocycles. The lowest BCUT2D eigenvalue weighted by Crippen LogP contribution is -2.51. The number of sulfone groups is 1.